The summed E-state index contributed by atoms with van der Waals surface area (Å²) in [5.41, 5.74) is 1.09. The molecular formula is C10H14N2O. The Bertz CT molecular complexity index is 281. The Morgan fingerprint density at radius 1 is 1.69 bits per heavy atom. The zero-order chi connectivity index (χ0) is 9.26. The number of allylic oxidation sites excluding steroid dienone is 2. The quantitative estimate of drug-likeness (QED) is 0.496. The zero-order valence-corrected chi connectivity index (χ0v) is 7.71. The number of hydrogen-bond donors (Lipinski definition) is 2. The summed E-state index contributed by atoms with van der Waals surface area (Å²) in [6.07, 6.45) is 7.93. The molecule has 2 atom stereocenters. The highest BCUT2D eigenvalue weighted by atomic mass is 16.5. The Kier molecular flexibility index (Phi) is 2.08. The van der Waals surface area contributed by atoms with Crippen LogP contribution in [0, 0.1) is 11.3 Å². The van der Waals surface area contributed by atoms with E-state index in [0.29, 0.717) is 11.7 Å². The normalized spacial score (nSPS) is 31.2. The van der Waals surface area contributed by atoms with Gasteiger partial charge in [0.2, 0.25) is 0 Å². The van der Waals surface area contributed by atoms with E-state index < -0.39 is 0 Å². The van der Waals surface area contributed by atoms with Crippen LogP contribution in [0.2, 0.25) is 0 Å². The number of nitrogens with one attached hydrogen (secondary N) is 2. The van der Waals surface area contributed by atoms with Gasteiger partial charge in [-0.25, -0.2) is 0 Å². The van der Waals surface area contributed by atoms with Gasteiger partial charge in [-0.2, -0.15) is 0 Å². The van der Waals surface area contributed by atoms with E-state index in [1.165, 1.54) is 6.21 Å². The fraction of sp³-hybridized carbons (Fsp3) is 0.500. The predicted molar refractivity (Wildman–Crippen MR) is 51.6 cm³/mol. The van der Waals surface area contributed by atoms with E-state index in [1.807, 2.05) is 7.05 Å². The predicted octanol–water partition coefficient (Wildman–Crippen LogP) is 1.43. The van der Waals surface area contributed by atoms with E-state index >= 15 is 0 Å². The monoisotopic (exact) mass is 178 g/mol. The first-order chi connectivity index (χ1) is 6.36. The molecule has 0 saturated carbocycles. The van der Waals surface area contributed by atoms with Crippen molar-refractivity contribution in [3.05, 3.63) is 23.6 Å². The van der Waals surface area contributed by atoms with Crippen molar-refractivity contribution >= 4 is 6.21 Å². The van der Waals surface area contributed by atoms with Gasteiger partial charge in [-0.3, -0.25) is 0 Å². The largest absolute Gasteiger partial charge is 0.482 e. The minimum Gasteiger partial charge on any atom is -0.482 e. The van der Waals surface area contributed by atoms with Crippen molar-refractivity contribution in [1.29, 1.82) is 5.41 Å². The van der Waals surface area contributed by atoms with E-state index in [4.69, 9.17) is 10.1 Å². The molecular weight excluding hydrogens is 164 g/mol. The van der Waals surface area contributed by atoms with E-state index in [0.717, 1.165) is 18.5 Å². The van der Waals surface area contributed by atoms with E-state index in [9.17, 15) is 0 Å². The van der Waals surface area contributed by atoms with Gasteiger partial charge in [-0.05, 0) is 18.9 Å². The Morgan fingerprint density at radius 3 is 3.23 bits per heavy atom. The number of rotatable bonds is 2. The van der Waals surface area contributed by atoms with Gasteiger partial charge in [0.15, 0.2) is 5.76 Å². The van der Waals surface area contributed by atoms with Crippen LogP contribution in [0.25, 0.3) is 0 Å². The summed E-state index contributed by atoms with van der Waals surface area (Å²) in [6, 6.07) is 0. The van der Waals surface area contributed by atoms with Gasteiger partial charge in [-0.1, -0.05) is 6.08 Å². The maximum absolute atomic E-state index is 7.21. The highest BCUT2D eigenvalue weighted by Gasteiger charge is 2.34. The van der Waals surface area contributed by atoms with Gasteiger partial charge in [0.05, 0.1) is 11.9 Å². The van der Waals surface area contributed by atoms with Crippen molar-refractivity contribution in [2.75, 3.05) is 7.05 Å². The molecule has 0 amide bonds. The van der Waals surface area contributed by atoms with Gasteiger partial charge in [0.1, 0.15) is 6.10 Å². The van der Waals surface area contributed by atoms with Crippen molar-refractivity contribution in [1.82, 2.24) is 5.32 Å². The Morgan fingerprint density at radius 2 is 2.54 bits per heavy atom. The van der Waals surface area contributed by atoms with Crippen molar-refractivity contribution in [2.24, 2.45) is 5.92 Å². The summed E-state index contributed by atoms with van der Waals surface area (Å²) < 4.78 is 5.61. The Balaban J connectivity index is 2.27. The molecule has 0 aromatic carbocycles. The van der Waals surface area contributed by atoms with Crippen LogP contribution in [-0.4, -0.2) is 19.4 Å². The lowest BCUT2D eigenvalue weighted by atomic mass is 9.90. The second kappa shape index (κ2) is 3.24. The average Bonchev–Trinajstić information content (AvgIpc) is 2.55. The number of hydrogen-bond acceptors (Lipinski definition) is 3. The molecule has 70 valence electrons. The van der Waals surface area contributed by atoms with E-state index in [1.54, 1.807) is 0 Å². The third-order valence-electron chi connectivity index (χ3n) is 2.67. The second-order valence-electron chi connectivity index (χ2n) is 3.37. The Labute approximate surface area is 78.0 Å². The molecule has 3 heteroatoms. The molecule has 0 aromatic rings. The third kappa shape index (κ3) is 1.24. The molecule has 2 unspecified atom stereocenters. The maximum Gasteiger partial charge on any atom is 0.157 e. The molecule has 0 aromatic heterocycles. The average molecular weight is 178 g/mol. The van der Waals surface area contributed by atoms with Gasteiger partial charge in [-0.15, -0.1) is 0 Å². The SMILES string of the molecule is CNC1=C(C=N)OC2C=CCCC12. The first-order valence-corrected chi connectivity index (χ1v) is 4.62. The topological polar surface area (TPSA) is 45.1 Å². The lowest BCUT2D eigenvalue weighted by Crippen LogP contribution is -2.23. The van der Waals surface area contributed by atoms with E-state index in [2.05, 4.69) is 17.5 Å². The van der Waals surface area contributed by atoms with Crippen LogP contribution in [0.5, 0.6) is 0 Å². The highest BCUT2D eigenvalue weighted by Crippen LogP contribution is 2.35. The molecule has 0 saturated heterocycles. The third-order valence-corrected chi connectivity index (χ3v) is 2.67. The highest BCUT2D eigenvalue weighted by molar-refractivity contribution is 5.75. The van der Waals surface area contributed by atoms with Crippen LogP contribution in [0.3, 0.4) is 0 Å². The fourth-order valence-corrected chi connectivity index (χ4v) is 2.05. The Hall–Kier alpha value is -1.25. The summed E-state index contributed by atoms with van der Waals surface area (Å²) in [5.74, 6) is 1.13. The van der Waals surface area contributed by atoms with Crippen molar-refractivity contribution < 1.29 is 4.74 Å². The van der Waals surface area contributed by atoms with Crippen LogP contribution in [0.4, 0.5) is 0 Å². The molecule has 13 heavy (non-hydrogen) atoms. The molecule has 3 nitrogen and oxygen atoms in total. The lowest BCUT2D eigenvalue weighted by molar-refractivity contribution is 0.157. The summed E-state index contributed by atoms with van der Waals surface area (Å²) in [4.78, 5) is 0. The van der Waals surface area contributed by atoms with Gasteiger partial charge in [0, 0.05) is 13.0 Å². The van der Waals surface area contributed by atoms with Crippen molar-refractivity contribution in [2.45, 2.75) is 18.9 Å². The molecule has 0 radical (unpaired) electrons. The summed E-state index contributed by atoms with van der Waals surface area (Å²) in [6.45, 7) is 0. The summed E-state index contributed by atoms with van der Waals surface area (Å²) in [5, 5.41) is 10.3. The van der Waals surface area contributed by atoms with Crippen LogP contribution in [0.15, 0.2) is 23.6 Å². The smallest absolute Gasteiger partial charge is 0.157 e. The first-order valence-electron chi connectivity index (χ1n) is 4.62. The van der Waals surface area contributed by atoms with E-state index in [-0.39, 0.29) is 6.10 Å². The molecule has 2 aliphatic rings. The second-order valence-corrected chi connectivity index (χ2v) is 3.37. The van der Waals surface area contributed by atoms with Crippen molar-refractivity contribution in [3.63, 3.8) is 0 Å². The van der Waals surface area contributed by atoms with Crippen LogP contribution >= 0.6 is 0 Å². The van der Waals surface area contributed by atoms with Gasteiger partial charge < -0.3 is 15.5 Å². The van der Waals surface area contributed by atoms with Crippen LogP contribution in [0.1, 0.15) is 12.8 Å². The lowest BCUT2D eigenvalue weighted by Gasteiger charge is -2.20. The molecule has 2 rings (SSSR count). The van der Waals surface area contributed by atoms with Gasteiger partial charge in [0.25, 0.3) is 0 Å². The molecule has 0 fully saturated rings. The van der Waals surface area contributed by atoms with Gasteiger partial charge >= 0.3 is 0 Å². The molecule has 1 heterocycles. The van der Waals surface area contributed by atoms with Crippen molar-refractivity contribution in [3.8, 4) is 0 Å². The van der Waals surface area contributed by atoms with Crippen LogP contribution in [-0.2, 0) is 4.74 Å². The minimum atomic E-state index is 0.160. The zero-order valence-electron chi connectivity index (χ0n) is 7.71. The fourth-order valence-electron chi connectivity index (χ4n) is 2.05. The molecule has 2 N–H and O–H groups in total. The number of ether oxygens (including phenoxy) is 1. The molecule has 0 spiro atoms. The standard InChI is InChI=1S/C10H14N2O/c1-12-10-7-4-2-3-5-8(7)13-9(10)6-11/h3,5-8,11-12H,2,4H2,1H3. The summed E-state index contributed by atoms with van der Waals surface area (Å²) >= 11 is 0. The molecule has 1 aliphatic heterocycles. The molecule has 1 aliphatic carbocycles. The molecule has 0 bridgehead atoms. The van der Waals surface area contributed by atoms with Crippen LogP contribution < -0.4 is 5.32 Å². The number of fused-ring (bicyclic) bond motifs is 1. The maximum atomic E-state index is 7.21. The first kappa shape index (κ1) is 8.35. The summed E-state index contributed by atoms with van der Waals surface area (Å²) in [7, 11) is 1.89. The minimum absolute atomic E-state index is 0.160.